The van der Waals surface area contributed by atoms with Crippen molar-refractivity contribution < 1.29 is 4.79 Å². The van der Waals surface area contributed by atoms with Crippen LogP contribution >= 0.6 is 15.9 Å². The molecule has 1 aromatic carbocycles. The molecule has 104 valence electrons. The molecule has 0 spiro atoms. The summed E-state index contributed by atoms with van der Waals surface area (Å²) in [4.78, 5) is 23.8. The Morgan fingerprint density at radius 1 is 1.45 bits per heavy atom. The standard InChI is InChI=1S/C14H14BrN3O2/c1-3-18-14(20)12(16)11(8(2)19)13(17-18)9-5-4-6-10(15)7-9/h4-7H,3,16H2,1-2H3. The Balaban J connectivity index is 2.84. The van der Waals surface area contributed by atoms with Crippen molar-refractivity contribution in [3.63, 3.8) is 0 Å². The molecule has 0 saturated heterocycles. The lowest BCUT2D eigenvalue weighted by molar-refractivity contribution is 0.101. The van der Waals surface area contributed by atoms with E-state index in [1.54, 1.807) is 6.92 Å². The van der Waals surface area contributed by atoms with Crippen LogP contribution in [0.15, 0.2) is 33.5 Å². The van der Waals surface area contributed by atoms with Gasteiger partial charge in [0.1, 0.15) is 11.4 Å². The van der Waals surface area contributed by atoms with E-state index >= 15 is 0 Å². The van der Waals surface area contributed by atoms with Gasteiger partial charge in [-0.2, -0.15) is 5.10 Å². The quantitative estimate of drug-likeness (QED) is 0.874. The number of carbonyl (C=O) groups is 1. The van der Waals surface area contributed by atoms with Crippen LogP contribution in [0, 0.1) is 0 Å². The lowest BCUT2D eigenvalue weighted by Gasteiger charge is -2.12. The van der Waals surface area contributed by atoms with Gasteiger partial charge in [-0.3, -0.25) is 9.59 Å². The highest BCUT2D eigenvalue weighted by atomic mass is 79.9. The Labute approximate surface area is 124 Å². The van der Waals surface area contributed by atoms with Crippen molar-refractivity contribution in [2.24, 2.45) is 0 Å². The number of aryl methyl sites for hydroxylation is 1. The zero-order valence-electron chi connectivity index (χ0n) is 11.2. The van der Waals surface area contributed by atoms with E-state index in [1.165, 1.54) is 11.6 Å². The minimum Gasteiger partial charge on any atom is -0.394 e. The molecule has 0 atom stereocenters. The van der Waals surface area contributed by atoms with E-state index in [-0.39, 0.29) is 17.0 Å². The van der Waals surface area contributed by atoms with Gasteiger partial charge in [0, 0.05) is 16.6 Å². The summed E-state index contributed by atoms with van der Waals surface area (Å²) in [6.45, 7) is 3.57. The Morgan fingerprint density at radius 3 is 2.70 bits per heavy atom. The number of nitrogens with two attached hydrogens (primary N) is 1. The molecule has 0 fully saturated rings. The molecular formula is C14H14BrN3O2. The number of ketones is 1. The van der Waals surface area contributed by atoms with Crippen LogP contribution < -0.4 is 11.3 Å². The third-order valence-corrected chi connectivity index (χ3v) is 3.43. The number of nitrogens with zero attached hydrogens (tertiary/aromatic N) is 2. The van der Waals surface area contributed by atoms with Gasteiger partial charge in [0.15, 0.2) is 5.78 Å². The molecule has 20 heavy (non-hydrogen) atoms. The number of hydrogen-bond donors (Lipinski definition) is 1. The summed E-state index contributed by atoms with van der Waals surface area (Å²) in [5, 5.41) is 4.27. The van der Waals surface area contributed by atoms with Crippen LogP contribution in [0.3, 0.4) is 0 Å². The number of hydrogen-bond acceptors (Lipinski definition) is 4. The average Bonchev–Trinajstić information content (AvgIpc) is 2.41. The molecule has 0 aliphatic rings. The number of carbonyl (C=O) groups excluding carboxylic acids is 1. The monoisotopic (exact) mass is 335 g/mol. The number of anilines is 1. The zero-order valence-corrected chi connectivity index (χ0v) is 12.8. The van der Waals surface area contributed by atoms with Crippen LogP contribution in [0.4, 0.5) is 5.69 Å². The van der Waals surface area contributed by atoms with Gasteiger partial charge in [0.05, 0.1) is 5.56 Å². The Hall–Kier alpha value is -1.95. The topological polar surface area (TPSA) is 78.0 Å². The first-order valence-electron chi connectivity index (χ1n) is 6.13. The first kappa shape index (κ1) is 14.5. The number of halogens is 1. The third-order valence-electron chi connectivity index (χ3n) is 2.94. The molecule has 5 nitrogen and oxygen atoms in total. The summed E-state index contributed by atoms with van der Waals surface area (Å²) in [7, 11) is 0. The molecule has 0 bridgehead atoms. The van der Waals surface area contributed by atoms with Crippen LogP contribution in [-0.2, 0) is 6.54 Å². The van der Waals surface area contributed by atoms with Gasteiger partial charge in [-0.1, -0.05) is 28.1 Å². The Morgan fingerprint density at radius 2 is 2.15 bits per heavy atom. The van der Waals surface area contributed by atoms with E-state index in [2.05, 4.69) is 21.0 Å². The summed E-state index contributed by atoms with van der Waals surface area (Å²) >= 11 is 3.38. The fourth-order valence-electron chi connectivity index (χ4n) is 2.00. The van der Waals surface area contributed by atoms with E-state index in [1.807, 2.05) is 24.3 Å². The molecule has 2 rings (SSSR count). The van der Waals surface area contributed by atoms with Crippen molar-refractivity contribution >= 4 is 27.4 Å². The van der Waals surface area contributed by atoms with Crippen LogP contribution in [0.25, 0.3) is 11.3 Å². The summed E-state index contributed by atoms with van der Waals surface area (Å²) in [5.41, 5.74) is 6.69. The summed E-state index contributed by atoms with van der Waals surface area (Å²) in [5.74, 6) is -0.273. The van der Waals surface area contributed by atoms with Gasteiger partial charge in [-0.05, 0) is 26.0 Å². The van der Waals surface area contributed by atoms with Gasteiger partial charge >= 0.3 is 0 Å². The van der Waals surface area contributed by atoms with Crippen LogP contribution in [0.2, 0.25) is 0 Å². The van der Waals surface area contributed by atoms with Crippen molar-refractivity contribution in [3.05, 3.63) is 44.7 Å². The second-order valence-corrected chi connectivity index (χ2v) is 5.24. The number of Topliss-reactive ketones (excluding diaryl/α,β-unsaturated/α-hetero) is 1. The molecule has 0 unspecified atom stereocenters. The molecule has 0 saturated carbocycles. The van der Waals surface area contributed by atoms with Crippen molar-refractivity contribution in [1.29, 1.82) is 0 Å². The Bertz CT molecular complexity index is 738. The minimum absolute atomic E-state index is 0.0516. The minimum atomic E-state index is -0.434. The molecule has 0 aliphatic heterocycles. The lowest BCUT2D eigenvalue weighted by atomic mass is 10.0. The lowest BCUT2D eigenvalue weighted by Crippen LogP contribution is -2.28. The van der Waals surface area contributed by atoms with Crippen molar-refractivity contribution in [3.8, 4) is 11.3 Å². The number of rotatable bonds is 3. The number of benzene rings is 1. The molecule has 0 radical (unpaired) electrons. The summed E-state index contributed by atoms with van der Waals surface area (Å²) in [6.07, 6.45) is 0. The van der Waals surface area contributed by atoms with Gasteiger partial charge < -0.3 is 5.73 Å². The van der Waals surface area contributed by atoms with E-state index in [0.29, 0.717) is 12.2 Å². The van der Waals surface area contributed by atoms with Gasteiger partial charge in [0.25, 0.3) is 5.56 Å². The molecular weight excluding hydrogens is 322 g/mol. The van der Waals surface area contributed by atoms with E-state index in [4.69, 9.17) is 5.73 Å². The maximum atomic E-state index is 12.0. The molecule has 1 aromatic heterocycles. The predicted octanol–water partition coefficient (Wildman–Crippen LogP) is 2.48. The molecule has 2 N–H and O–H groups in total. The highest BCUT2D eigenvalue weighted by Gasteiger charge is 2.19. The highest BCUT2D eigenvalue weighted by molar-refractivity contribution is 9.10. The second kappa shape index (κ2) is 5.58. The number of aromatic nitrogens is 2. The van der Waals surface area contributed by atoms with Crippen molar-refractivity contribution in [2.75, 3.05) is 5.73 Å². The molecule has 0 amide bonds. The SMILES string of the molecule is CCn1nc(-c2cccc(Br)c2)c(C(C)=O)c(N)c1=O. The van der Waals surface area contributed by atoms with Crippen LogP contribution in [-0.4, -0.2) is 15.6 Å². The average molecular weight is 336 g/mol. The fourth-order valence-corrected chi connectivity index (χ4v) is 2.40. The molecule has 1 heterocycles. The zero-order chi connectivity index (χ0) is 14.9. The Kier molecular flexibility index (Phi) is 4.04. The second-order valence-electron chi connectivity index (χ2n) is 4.32. The van der Waals surface area contributed by atoms with Crippen LogP contribution in [0.1, 0.15) is 24.2 Å². The van der Waals surface area contributed by atoms with Crippen molar-refractivity contribution in [1.82, 2.24) is 9.78 Å². The largest absolute Gasteiger partial charge is 0.394 e. The fraction of sp³-hybridized carbons (Fsp3) is 0.214. The van der Waals surface area contributed by atoms with E-state index in [0.717, 1.165) is 10.0 Å². The molecule has 6 heteroatoms. The first-order chi connectivity index (χ1) is 9.45. The van der Waals surface area contributed by atoms with Gasteiger partial charge in [-0.15, -0.1) is 0 Å². The van der Waals surface area contributed by atoms with Gasteiger partial charge in [-0.25, -0.2) is 4.68 Å². The first-order valence-corrected chi connectivity index (χ1v) is 6.92. The molecule has 2 aromatic rings. The van der Waals surface area contributed by atoms with Crippen LogP contribution in [0.5, 0.6) is 0 Å². The van der Waals surface area contributed by atoms with E-state index in [9.17, 15) is 9.59 Å². The predicted molar refractivity (Wildman–Crippen MR) is 81.7 cm³/mol. The van der Waals surface area contributed by atoms with Gasteiger partial charge in [0.2, 0.25) is 0 Å². The van der Waals surface area contributed by atoms with E-state index < -0.39 is 5.56 Å². The maximum Gasteiger partial charge on any atom is 0.290 e. The molecule has 0 aliphatic carbocycles. The third kappa shape index (κ3) is 2.51. The smallest absolute Gasteiger partial charge is 0.290 e. The van der Waals surface area contributed by atoms with Crippen molar-refractivity contribution in [2.45, 2.75) is 20.4 Å². The number of nitrogen functional groups attached to an aromatic ring is 1. The highest BCUT2D eigenvalue weighted by Crippen LogP contribution is 2.26. The summed E-state index contributed by atoms with van der Waals surface area (Å²) in [6, 6.07) is 7.36. The normalized spacial score (nSPS) is 10.6. The summed E-state index contributed by atoms with van der Waals surface area (Å²) < 4.78 is 2.12. The maximum absolute atomic E-state index is 12.0.